The van der Waals surface area contributed by atoms with Crippen LogP contribution in [0.25, 0.3) is 0 Å². The normalized spacial score (nSPS) is 36.1. The highest BCUT2D eigenvalue weighted by molar-refractivity contribution is 5.06. The molecule has 3 atom stereocenters. The Morgan fingerprint density at radius 3 is 3.00 bits per heavy atom. The van der Waals surface area contributed by atoms with Gasteiger partial charge >= 0.3 is 0 Å². The van der Waals surface area contributed by atoms with Gasteiger partial charge in [-0.25, -0.2) is 0 Å². The molecule has 76 valence electrons. The minimum atomic E-state index is 0.276. The van der Waals surface area contributed by atoms with Crippen molar-refractivity contribution in [2.75, 3.05) is 25.4 Å². The maximum Gasteiger partial charge on any atom is 0.260 e. The van der Waals surface area contributed by atoms with Crippen LogP contribution in [0.2, 0.25) is 0 Å². The van der Waals surface area contributed by atoms with Crippen LogP contribution in [0.15, 0.2) is 0 Å². The molecule has 0 aliphatic carbocycles. The van der Waals surface area contributed by atoms with Gasteiger partial charge in [-0.15, -0.1) is 5.10 Å². The van der Waals surface area contributed by atoms with Gasteiger partial charge in [-0.05, 0) is 30.5 Å². The monoisotopic (exact) mass is 194 g/mol. The predicted molar refractivity (Wildman–Crippen MR) is 50.4 cm³/mol. The molecule has 1 aromatic heterocycles. The molecule has 14 heavy (non-hydrogen) atoms. The molecule has 0 amide bonds. The summed E-state index contributed by atoms with van der Waals surface area (Å²) in [7, 11) is 0. The average Bonchev–Trinajstić information content (AvgIpc) is 2.73. The van der Waals surface area contributed by atoms with Crippen molar-refractivity contribution in [2.24, 2.45) is 5.92 Å². The highest BCUT2D eigenvalue weighted by Gasteiger charge is 2.34. The van der Waals surface area contributed by atoms with Crippen LogP contribution < -0.4 is 5.73 Å². The quantitative estimate of drug-likeness (QED) is 0.653. The molecule has 6 heteroatoms. The van der Waals surface area contributed by atoms with Crippen molar-refractivity contribution in [3.63, 3.8) is 0 Å². The lowest BCUT2D eigenvalue weighted by atomic mass is 9.97. The number of hydrogen-bond acceptors (Lipinski definition) is 5. The van der Waals surface area contributed by atoms with Gasteiger partial charge in [-0.2, -0.15) is 4.80 Å². The van der Waals surface area contributed by atoms with E-state index in [0.717, 1.165) is 12.5 Å². The Morgan fingerprint density at radius 2 is 2.29 bits per heavy atom. The lowest BCUT2D eigenvalue weighted by Gasteiger charge is -2.28. The van der Waals surface area contributed by atoms with Crippen molar-refractivity contribution in [1.82, 2.24) is 25.1 Å². The largest absolute Gasteiger partial charge is 0.365 e. The van der Waals surface area contributed by atoms with Crippen LogP contribution in [-0.2, 0) is 0 Å². The zero-order valence-electron chi connectivity index (χ0n) is 8.00. The Hall–Kier alpha value is -1.17. The topological polar surface area (TPSA) is 72.9 Å². The number of nitrogens with zero attached hydrogens (tertiary/aromatic N) is 5. The first-order valence-corrected chi connectivity index (χ1v) is 5.08. The summed E-state index contributed by atoms with van der Waals surface area (Å²) in [6, 6.07) is 0.376. The molecule has 2 saturated heterocycles. The maximum atomic E-state index is 5.45. The number of nitrogens with two attached hydrogens (primary N) is 1. The number of hydrogen-bond donors (Lipinski definition) is 1. The molecule has 0 radical (unpaired) electrons. The molecule has 3 heterocycles. The van der Waals surface area contributed by atoms with E-state index in [9.17, 15) is 0 Å². The van der Waals surface area contributed by atoms with E-state index in [1.165, 1.54) is 25.9 Å². The van der Waals surface area contributed by atoms with Gasteiger partial charge in [0, 0.05) is 13.1 Å². The SMILES string of the molecule is Nc1nnn(C2CC3CCN(C3)C2)n1. The molecule has 2 N–H and O–H groups in total. The van der Waals surface area contributed by atoms with E-state index < -0.39 is 0 Å². The summed E-state index contributed by atoms with van der Waals surface area (Å²) < 4.78 is 0. The number of anilines is 1. The molecule has 3 rings (SSSR count). The van der Waals surface area contributed by atoms with E-state index in [-0.39, 0.29) is 5.95 Å². The van der Waals surface area contributed by atoms with Crippen LogP contribution in [0, 0.1) is 5.92 Å². The molecule has 2 aliphatic heterocycles. The van der Waals surface area contributed by atoms with Crippen LogP contribution >= 0.6 is 0 Å². The summed E-state index contributed by atoms with van der Waals surface area (Å²) >= 11 is 0. The molecular weight excluding hydrogens is 180 g/mol. The number of tetrazole rings is 1. The highest BCUT2D eigenvalue weighted by Crippen LogP contribution is 2.32. The number of fused-ring (bicyclic) bond motifs is 2. The first kappa shape index (κ1) is 8.16. The number of aromatic nitrogens is 4. The fourth-order valence-electron chi connectivity index (χ4n) is 2.59. The highest BCUT2D eigenvalue weighted by atomic mass is 15.6. The lowest BCUT2D eigenvalue weighted by Crippen LogP contribution is -2.35. The van der Waals surface area contributed by atoms with Gasteiger partial charge < -0.3 is 10.6 Å². The predicted octanol–water partition coefficient (Wildman–Crippen LogP) is -0.478. The number of piperidine rings is 1. The second kappa shape index (κ2) is 2.91. The molecule has 1 aromatic rings. The first-order valence-electron chi connectivity index (χ1n) is 5.08. The van der Waals surface area contributed by atoms with Gasteiger partial charge in [0.2, 0.25) is 0 Å². The summed E-state index contributed by atoms with van der Waals surface area (Å²) in [4.78, 5) is 4.15. The minimum absolute atomic E-state index is 0.276. The van der Waals surface area contributed by atoms with Gasteiger partial charge in [0.15, 0.2) is 0 Å². The van der Waals surface area contributed by atoms with Crippen molar-refractivity contribution >= 4 is 5.95 Å². The van der Waals surface area contributed by atoms with Crippen molar-refractivity contribution in [2.45, 2.75) is 18.9 Å². The zero-order chi connectivity index (χ0) is 9.54. The third kappa shape index (κ3) is 1.26. The third-order valence-corrected chi connectivity index (χ3v) is 3.21. The molecule has 0 saturated carbocycles. The second-order valence-electron chi connectivity index (χ2n) is 4.27. The van der Waals surface area contributed by atoms with Crippen LogP contribution in [0.5, 0.6) is 0 Å². The average molecular weight is 194 g/mol. The van der Waals surface area contributed by atoms with Gasteiger partial charge in [0.25, 0.3) is 5.95 Å². The van der Waals surface area contributed by atoms with Crippen LogP contribution in [0.3, 0.4) is 0 Å². The zero-order valence-corrected chi connectivity index (χ0v) is 8.00. The molecule has 6 nitrogen and oxygen atoms in total. The fourth-order valence-corrected chi connectivity index (χ4v) is 2.59. The first-order chi connectivity index (χ1) is 6.81. The summed E-state index contributed by atoms with van der Waals surface area (Å²) in [5.74, 6) is 1.10. The Labute approximate surface area is 82.1 Å². The van der Waals surface area contributed by atoms with Crippen LogP contribution in [-0.4, -0.2) is 44.7 Å². The fraction of sp³-hybridized carbons (Fsp3) is 0.875. The maximum absolute atomic E-state index is 5.45. The standard InChI is InChI=1S/C8H14N6/c9-8-10-12-14(11-8)7-3-6-1-2-13(4-6)5-7/h6-7H,1-5H2,(H2,9,11). The molecule has 2 aliphatic rings. The van der Waals surface area contributed by atoms with Crippen molar-refractivity contribution < 1.29 is 0 Å². The molecule has 0 spiro atoms. The van der Waals surface area contributed by atoms with E-state index in [4.69, 9.17) is 5.73 Å². The Morgan fingerprint density at radius 1 is 1.36 bits per heavy atom. The van der Waals surface area contributed by atoms with Gasteiger partial charge in [-0.1, -0.05) is 5.10 Å². The summed E-state index contributed by atoms with van der Waals surface area (Å²) in [5, 5.41) is 11.7. The van der Waals surface area contributed by atoms with Crippen molar-refractivity contribution in [3.05, 3.63) is 0 Å². The smallest absolute Gasteiger partial charge is 0.260 e. The van der Waals surface area contributed by atoms with E-state index in [1.807, 2.05) is 0 Å². The Kier molecular flexibility index (Phi) is 1.70. The molecule has 2 bridgehead atoms. The van der Waals surface area contributed by atoms with Gasteiger partial charge in [-0.3, -0.25) is 0 Å². The van der Waals surface area contributed by atoms with Gasteiger partial charge in [0.1, 0.15) is 0 Å². The Bertz CT molecular complexity index is 322. The van der Waals surface area contributed by atoms with Crippen LogP contribution in [0.1, 0.15) is 18.9 Å². The number of rotatable bonds is 1. The molecule has 2 fully saturated rings. The summed E-state index contributed by atoms with van der Waals surface area (Å²) in [6.45, 7) is 3.53. The molecule has 0 aromatic carbocycles. The lowest BCUT2D eigenvalue weighted by molar-refractivity contribution is 0.181. The van der Waals surface area contributed by atoms with Crippen molar-refractivity contribution in [3.8, 4) is 0 Å². The summed E-state index contributed by atoms with van der Waals surface area (Å²) in [5.41, 5.74) is 5.45. The minimum Gasteiger partial charge on any atom is -0.365 e. The third-order valence-electron chi connectivity index (χ3n) is 3.21. The van der Waals surface area contributed by atoms with Crippen LogP contribution in [0.4, 0.5) is 5.95 Å². The van der Waals surface area contributed by atoms with E-state index >= 15 is 0 Å². The second-order valence-corrected chi connectivity index (χ2v) is 4.27. The molecular formula is C8H14N6. The number of nitrogen functional groups attached to an aromatic ring is 1. The van der Waals surface area contributed by atoms with E-state index in [0.29, 0.717) is 6.04 Å². The van der Waals surface area contributed by atoms with E-state index in [1.54, 1.807) is 4.80 Å². The Balaban J connectivity index is 1.80. The van der Waals surface area contributed by atoms with Gasteiger partial charge in [0.05, 0.1) is 6.04 Å². The summed E-state index contributed by atoms with van der Waals surface area (Å²) in [6.07, 6.45) is 2.49. The van der Waals surface area contributed by atoms with Crippen molar-refractivity contribution in [1.29, 1.82) is 0 Å². The van der Waals surface area contributed by atoms with E-state index in [2.05, 4.69) is 20.3 Å². The molecule has 3 unspecified atom stereocenters.